The zero-order chi connectivity index (χ0) is 21.2. The lowest BCUT2D eigenvalue weighted by atomic mass is 9.95. The smallest absolute Gasteiger partial charge is 0.306 e. The van der Waals surface area contributed by atoms with Gasteiger partial charge >= 0.3 is 20.2 Å². The molecule has 3 aromatic rings. The molecule has 0 unspecified atom stereocenters. The summed E-state index contributed by atoms with van der Waals surface area (Å²) in [5, 5.41) is 0. The van der Waals surface area contributed by atoms with Crippen LogP contribution in [0.3, 0.4) is 0 Å². The molecule has 0 bridgehead atoms. The third-order valence-corrected chi connectivity index (χ3v) is 5.08. The Bertz CT molecular complexity index is 1230. The van der Waals surface area contributed by atoms with Gasteiger partial charge in [0.05, 0.1) is 12.5 Å². The summed E-state index contributed by atoms with van der Waals surface area (Å²) in [5.41, 5.74) is 4.83. The minimum absolute atomic E-state index is 0.255. The highest BCUT2D eigenvalue weighted by molar-refractivity contribution is 7.86. The van der Waals surface area contributed by atoms with Crippen LogP contribution in [0.4, 0.5) is 0 Å². The first kappa shape index (κ1) is 20.9. The molecule has 3 aromatic carbocycles. The third-order valence-electron chi connectivity index (χ3n) is 4.09. The minimum atomic E-state index is -3.57. The second-order valence-electron chi connectivity index (χ2n) is 6.65. The highest BCUT2D eigenvalue weighted by Crippen LogP contribution is 2.31. The van der Waals surface area contributed by atoms with Crippen LogP contribution in [-0.2, 0) is 20.2 Å². The normalized spacial score (nSPS) is 11.8. The van der Waals surface area contributed by atoms with E-state index in [9.17, 15) is 16.8 Å². The summed E-state index contributed by atoms with van der Waals surface area (Å²) in [6.45, 7) is 1.99. The topological polar surface area (TPSA) is 86.7 Å². The molecule has 0 amide bonds. The molecule has 0 spiro atoms. The van der Waals surface area contributed by atoms with Crippen molar-refractivity contribution in [3.05, 3.63) is 72.3 Å². The summed E-state index contributed by atoms with van der Waals surface area (Å²) < 4.78 is 54.7. The SMILES string of the molecule is Cc1ccc(-c2ccc(OS(C)(=O)=O)cc2)cc1-c1ccc(OS(C)(=O)=O)cc1. The quantitative estimate of drug-likeness (QED) is 0.547. The third kappa shape index (κ3) is 5.82. The Balaban J connectivity index is 1.90. The molecule has 0 saturated carbocycles. The van der Waals surface area contributed by atoms with E-state index in [0.29, 0.717) is 0 Å². The van der Waals surface area contributed by atoms with Crippen LogP contribution in [0, 0.1) is 6.92 Å². The van der Waals surface area contributed by atoms with Gasteiger partial charge in [0, 0.05) is 0 Å². The Kier molecular flexibility index (Phi) is 5.68. The largest absolute Gasteiger partial charge is 0.383 e. The summed E-state index contributed by atoms with van der Waals surface area (Å²) in [4.78, 5) is 0. The molecule has 29 heavy (non-hydrogen) atoms. The molecule has 0 atom stereocenters. The summed E-state index contributed by atoms with van der Waals surface area (Å²) >= 11 is 0. The second-order valence-corrected chi connectivity index (χ2v) is 9.80. The van der Waals surface area contributed by atoms with Crippen LogP contribution < -0.4 is 8.37 Å². The molecule has 0 fully saturated rings. The van der Waals surface area contributed by atoms with E-state index in [-0.39, 0.29) is 11.5 Å². The molecule has 0 aliphatic rings. The fraction of sp³-hybridized carbons (Fsp3) is 0.143. The molecule has 0 aliphatic carbocycles. The van der Waals surface area contributed by atoms with Gasteiger partial charge in [-0.15, -0.1) is 0 Å². The van der Waals surface area contributed by atoms with Crippen LogP contribution in [0.25, 0.3) is 22.3 Å². The average Bonchev–Trinajstić information content (AvgIpc) is 2.61. The number of hydrogen-bond acceptors (Lipinski definition) is 6. The zero-order valence-corrected chi connectivity index (χ0v) is 17.7. The first-order valence-electron chi connectivity index (χ1n) is 8.61. The van der Waals surface area contributed by atoms with Gasteiger partial charge < -0.3 is 8.37 Å². The molecule has 3 rings (SSSR count). The first-order chi connectivity index (χ1) is 13.5. The van der Waals surface area contributed by atoms with Crippen LogP contribution in [0.1, 0.15) is 5.56 Å². The molecular formula is C21H20O6S2. The lowest BCUT2D eigenvalue weighted by Gasteiger charge is -2.11. The van der Waals surface area contributed by atoms with Gasteiger partial charge in [0.15, 0.2) is 0 Å². The van der Waals surface area contributed by atoms with Gasteiger partial charge in [-0.2, -0.15) is 16.8 Å². The fourth-order valence-corrected chi connectivity index (χ4v) is 3.78. The van der Waals surface area contributed by atoms with Gasteiger partial charge in [0.25, 0.3) is 0 Å². The lowest BCUT2D eigenvalue weighted by molar-refractivity contribution is 0.491. The standard InChI is InChI=1S/C21H20O6S2/c1-15-4-5-18(16-6-10-19(11-7-16)26-28(2,22)23)14-21(15)17-8-12-20(13-9-17)27-29(3,24)25/h4-14H,1-3H3. The van der Waals surface area contributed by atoms with E-state index in [1.54, 1.807) is 48.5 Å². The maximum atomic E-state index is 11.2. The summed E-state index contributed by atoms with van der Waals surface area (Å²) in [7, 11) is -7.13. The number of rotatable bonds is 6. The molecule has 152 valence electrons. The van der Waals surface area contributed by atoms with Crippen LogP contribution in [0.15, 0.2) is 66.7 Å². The van der Waals surface area contributed by atoms with Crippen molar-refractivity contribution in [2.45, 2.75) is 6.92 Å². The van der Waals surface area contributed by atoms with Crippen molar-refractivity contribution in [2.75, 3.05) is 12.5 Å². The van der Waals surface area contributed by atoms with Gasteiger partial charge in [-0.3, -0.25) is 0 Å². The molecule has 0 aliphatic heterocycles. The van der Waals surface area contributed by atoms with Crippen LogP contribution in [0.2, 0.25) is 0 Å². The van der Waals surface area contributed by atoms with Crippen LogP contribution >= 0.6 is 0 Å². The fourth-order valence-electron chi connectivity index (χ4n) is 2.86. The highest BCUT2D eigenvalue weighted by Gasteiger charge is 2.09. The Morgan fingerprint density at radius 3 is 1.45 bits per heavy atom. The van der Waals surface area contributed by atoms with Gasteiger partial charge in [0.1, 0.15) is 11.5 Å². The van der Waals surface area contributed by atoms with Crippen molar-refractivity contribution < 1.29 is 25.2 Å². The number of aryl methyl sites for hydroxylation is 1. The van der Waals surface area contributed by atoms with Crippen molar-refractivity contribution in [1.29, 1.82) is 0 Å². The van der Waals surface area contributed by atoms with E-state index in [2.05, 4.69) is 0 Å². The van der Waals surface area contributed by atoms with Gasteiger partial charge in [-0.05, 0) is 65.1 Å². The maximum Gasteiger partial charge on any atom is 0.306 e. The predicted octanol–water partition coefficient (Wildman–Crippen LogP) is 4.01. The Morgan fingerprint density at radius 1 is 0.586 bits per heavy atom. The number of hydrogen-bond donors (Lipinski definition) is 0. The van der Waals surface area contributed by atoms with Crippen LogP contribution in [-0.4, -0.2) is 29.3 Å². The summed E-state index contributed by atoms with van der Waals surface area (Å²) in [6, 6.07) is 19.6. The molecule has 0 aromatic heterocycles. The summed E-state index contributed by atoms with van der Waals surface area (Å²) in [6.07, 6.45) is 2.00. The Labute approximate surface area is 171 Å². The van der Waals surface area contributed by atoms with Crippen molar-refractivity contribution >= 4 is 20.2 Å². The van der Waals surface area contributed by atoms with E-state index in [4.69, 9.17) is 8.37 Å². The molecule has 0 radical (unpaired) electrons. The van der Waals surface area contributed by atoms with E-state index in [1.807, 2.05) is 25.1 Å². The zero-order valence-electron chi connectivity index (χ0n) is 16.1. The molecule has 0 N–H and O–H groups in total. The Hall–Kier alpha value is -2.84. The summed E-state index contributed by atoms with van der Waals surface area (Å²) in [5.74, 6) is 0.511. The Morgan fingerprint density at radius 2 is 1.00 bits per heavy atom. The van der Waals surface area contributed by atoms with E-state index < -0.39 is 20.2 Å². The lowest BCUT2D eigenvalue weighted by Crippen LogP contribution is -2.05. The minimum Gasteiger partial charge on any atom is -0.383 e. The average molecular weight is 433 g/mol. The predicted molar refractivity (Wildman–Crippen MR) is 113 cm³/mol. The van der Waals surface area contributed by atoms with E-state index in [0.717, 1.165) is 40.3 Å². The molecular weight excluding hydrogens is 412 g/mol. The van der Waals surface area contributed by atoms with Crippen molar-refractivity contribution in [2.24, 2.45) is 0 Å². The van der Waals surface area contributed by atoms with Gasteiger partial charge in [-0.1, -0.05) is 36.4 Å². The van der Waals surface area contributed by atoms with Crippen molar-refractivity contribution in [3.63, 3.8) is 0 Å². The molecule has 6 nitrogen and oxygen atoms in total. The van der Waals surface area contributed by atoms with E-state index in [1.165, 1.54) is 0 Å². The van der Waals surface area contributed by atoms with Crippen LogP contribution in [0.5, 0.6) is 11.5 Å². The first-order valence-corrected chi connectivity index (χ1v) is 12.2. The molecule has 0 saturated heterocycles. The van der Waals surface area contributed by atoms with E-state index >= 15 is 0 Å². The molecule has 8 heteroatoms. The van der Waals surface area contributed by atoms with Crippen molar-refractivity contribution in [3.8, 4) is 33.8 Å². The number of benzene rings is 3. The molecule has 0 heterocycles. The van der Waals surface area contributed by atoms with Gasteiger partial charge in [0.2, 0.25) is 0 Å². The highest BCUT2D eigenvalue weighted by atomic mass is 32.2. The van der Waals surface area contributed by atoms with Gasteiger partial charge in [-0.25, -0.2) is 0 Å². The maximum absolute atomic E-state index is 11.2. The second kappa shape index (κ2) is 7.88. The monoisotopic (exact) mass is 432 g/mol. The van der Waals surface area contributed by atoms with Crippen molar-refractivity contribution in [1.82, 2.24) is 0 Å².